The van der Waals surface area contributed by atoms with Crippen molar-refractivity contribution >= 4 is 57.2 Å². The summed E-state index contributed by atoms with van der Waals surface area (Å²) in [5.41, 5.74) is 26.6. The Bertz CT molecular complexity index is 2600. The molecule has 5 aromatic carbocycles. The molecule has 2 heterocycles. The van der Waals surface area contributed by atoms with Crippen molar-refractivity contribution in [2.75, 3.05) is 9.80 Å². The van der Waals surface area contributed by atoms with E-state index < -0.39 is 0 Å². The fraction of sp³-hybridized carbons (Fsp3) is 0.455. The van der Waals surface area contributed by atoms with Crippen LogP contribution >= 0.6 is 0 Å². The lowest BCUT2D eigenvalue weighted by atomic mass is 9.33. The number of rotatable bonds is 2. The maximum atomic E-state index is 2.80. The molecular formula is C55H55BN2. The topological polar surface area (TPSA) is 6.48 Å². The smallest absolute Gasteiger partial charge is 0.252 e. The molecule has 18 rings (SSSR count). The summed E-state index contributed by atoms with van der Waals surface area (Å²) in [6.45, 7) is 0.239. The summed E-state index contributed by atoms with van der Waals surface area (Å²) in [6, 6.07) is 34.0. The highest BCUT2D eigenvalue weighted by Crippen LogP contribution is 2.56. The molecule has 0 radical (unpaired) electrons. The maximum Gasteiger partial charge on any atom is 0.252 e. The van der Waals surface area contributed by atoms with E-state index in [1.807, 2.05) is 0 Å². The molecule has 58 heavy (non-hydrogen) atoms. The fourth-order valence-electron chi connectivity index (χ4n) is 16.0. The lowest BCUT2D eigenvalue weighted by molar-refractivity contribution is 0.299. The Labute approximate surface area is 345 Å². The van der Waals surface area contributed by atoms with Gasteiger partial charge in [0, 0.05) is 34.1 Å². The molecule has 0 N–H and O–H groups in total. The monoisotopic (exact) mass is 754 g/mol. The third kappa shape index (κ3) is 4.32. The number of anilines is 6. The zero-order chi connectivity index (χ0) is 37.4. The van der Waals surface area contributed by atoms with Gasteiger partial charge in [-0.25, -0.2) is 0 Å². The second-order valence-electron chi connectivity index (χ2n) is 21.2. The predicted molar refractivity (Wildman–Crippen MR) is 241 cm³/mol. The second-order valence-corrected chi connectivity index (χ2v) is 21.2. The highest BCUT2D eigenvalue weighted by atomic mass is 15.2. The number of fused-ring (bicyclic) bond motifs is 14. The van der Waals surface area contributed by atoms with Crippen LogP contribution < -0.4 is 26.2 Å². The molecule has 3 heteroatoms. The molecule has 2 aliphatic heterocycles. The van der Waals surface area contributed by atoms with Crippen LogP contribution in [0.25, 0.3) is 0 Å². The Kier molecular flexibility index (Phi) is 6.60. The van der Waals surface area contributed by atoms with Crippen LogP contribution in [0.15, 0.2) is 78.9 Å². The van der Waals surface area contributed by atoms with Crippen LogP contribution in [0.1, 0.15) is 189 Å². The van der Waals surface area contributed by atoms with E-state index in [4.69, 9.17) is 0 Å². The first-order valence-corrected chi connectivity index (χ1v) is 24.1. The molecule has 8 bridgehead atoms. The van der Waals surface area contributed by atoms with Gasteiger partial charge >= 0.3 is 0 Å². The normalized spacial score (nSPS) is 30.9. The average molecular weight is 755 g/mol. The van der Waals surface area contributed by atoms with Crippen LogP contribution in [0.2, 0.25) is 0 Å². The molecule has 288 valence electrons. The Balaban J connectivity index is 1.00. The van der Waals surface area contributed by atoms with Crippen LogP contribution in [0.3, 0.4) is 0 Å². The van der Waals surface area contributed by atoms with Gasteiger partial charge in [0.05, 0.1) is 0 Å². The van der Waals surface area contributed by atoms with Crippen LogP contribution in [0.4, 0.5) is 34.1 Å². The van der Waals surface area contributed by atoms with Gasteiger partial charge in [-0.05, 0) is 253 Å². The largest absolute Gasteiger partial charge is 0.311 e. The molecule has 13 aliphatic rings. The Hall–Kier alpha value is -4.24. The molecule has 0 saturated heterocycles. The van der Waals surface area contributed by atoms with Crippen molar-refractivity contribution in [1.82, 2.24) is 0 Å². The van der Waals surface area contributed by atoms with E-state index in [0.717, 1.165) is 47.3 Å². The van der Waals surface area contributed by atoms with Gasteiger partial charge in [0.2, 0.25) is 0 Å². The summed E-state index contributed by atoms with van der Waals surface area (Å²) in [4.78, 5) is 5.54. The van der Waals surface area contributed by atoms with Gasteiger partial charge in [0.15, 0.2) is 0 Å². The van der Waals surface area contributed by atoms with E-state index in [2.05, 4.69) is 88.7 Å². The summed E-state index contributed by atoms with van der Waals surface area (Å²) in [5.74, 6) is 6.02. The quantitative estimate of drug-likeness (QED) is 0.162. The van der Waals surface area contributed by atoms with E-state index in [1.54, 1.807) is 60.9 Å². The van der Waals surface area contributed by atoms with E-state index in [9.17, 15) is 0 Å². The van der Waals surface area contributed by atoms with E-state index >= 15 is 0 Å². The van der Waals surface area contributed by atoms with Gasteiger partial charge in [0.25, 0.3) is 6.71 Å². The standard InChI is InChI=1S/C55H55BN2/c1-3-31-23-38(4-1)44-28-49-53(25-39(44)24-31)57(40-19-21-42-32-7-11-34(12-8-32)45(42)26-40)51-5-2-6-52-55(51)56(49)50-29-47-36-15-17-37(18-16-36)48(47)30-54(50)58(52)41-20-22-43-33-9-13-35(14-10-33)46(43)27-41/h2,5-6,19-22,25-38H,1,3-4,7-18,23-24H2. The maximum absolute atomic E-state index is 2.80. The van der Waals surface area contributed by atoms with E-state index in [0.29, 0.717) is 0 Å². The lowest BCUT2D eigenvalue weighted by Gasteiger charge is -2.47. The second kappa shape index (κ2) is 11.7. The molecule has 2 unspecified atom stereocenters. The van der Waals surface area contributed by atoms with Gasteiger partial charge in [-0.15, -0.1) is 0 Å². The van der Waals surface area contributed by atoms with Gasteiger partial charge in [0.1, 0.15) is 0 Å². The van der Waals surface area contributed by atoms with Crippen LogP contribution in [0.5, 0.6) is 0 Å². The van der Waals surface area contributed by atoms with Crippen LogP contribution in [0, 0.1) is 5.92 Å². The molecule has 0 spiro atoms. The van der Waals surface area contributed by atoms with Crippen molar-refractivity contribution in [2.45, 2.75) is 151 Å². The molecule has 2 atom stereocenters. The van der Waals surface area contributed by atoms with Crippen molar-refractivity contribution < 1.29 is 0 Å². The Morgan fingerprint density at radius 3 is 1.45 bits per heavy atom. The number of nitrogens with zero attached hydrogens (tertiary/aromatic N) is 2. The van der Waals surface area contributed by atoms with Crippen molar-refractivity contribution in [3.8, 4) is 0 Å². The zero-order valence-corrected chi connectivity index (χ0v) is 34.1. The summed E-state index contributed by atoms with van der Waals surface area (Å²) >= 11 is 0. The molecule has 5 aromatic rings. The van der Waals surface area contributed by atoms with Gasteiger partial charge < -0.3 is 9.80 Å². The van der Waals surface area contributed by atoms with Crippen molar-refractivity contribution in [2.24, 2.45) is 5.92 Å². The first-order valence-electron chi connectivity index (χ1n) is 24.1. The molecule has 4 saturated carbocycles. The average Bonchev–Trinajstić information content (AvgIpc) is 3.29. The van der Waals surface area contributed by atoms with E-state index in [-0.39, 0.29) is 6.71 Å². The highest BCUT2D eigenvalue weighted by molar-refractivity contribution is 7.00. The zero-order valence-electron chi connectivity index (χ0n) is 34.1. The van der Waals surface area contributed by atoms with Crippen molar-refractivity contribution in [3.63, 3.8) is 0 Å². The first-order chi connectivity index (χ1) is 28.7. The summed E-state index contributed by atoms with van der Waals surface area (Å²) in [6.07, 6.45) is 23.4. The minimum Gasteiger partial charge on any atom is -0.311 e. The Morgan fingerprint density at radius 2 is 0.879 bits per heavy atom. The molecule has 0 amide bonds. The molecular weight excluding hydrogens is 699 g/mol. The van der Waals surface area contributed by atoms with Crippen LogP contribution in [-0.4, -0.2) is 6.71 Å². The van der Waals surface area contributed by atoms with Gasteiger partial charge in [-0.3, -0.25) is 0 Å². The predicted octanol–water partition coefficient (Wildman–Crippen LogP) is 12.9. The number of hydrogen-bond donors (Lipinski definition) is 0. The fourth-order valence-corrected chi connectivity index (χ4v) is 16.0. The lowest BCUT2D eigenvalue weighted by Crippen LogP contribution is -2.61. The number of hydrogen-bond acceptors (Lipinski definition) is 2. The van der Waals surface area contributed by atoms with Gasteiger partial charge in [-0.1, -0.05) is 43.2 Å². The summed E-state index contributed by atoms with van der Waals surface area (Å²) in [5, 5.41) is 0. The molecule has 4 fully saturated rings. The molecule has 11 aliphatic carbocycles. The van der Waals surface area contributed by atoms with Crippen LogP contribution in [-0.2, 0) is 6.42 Å². The van der Waals surface area contributed by atoms with E-state index in [1.165, 1.54) is 143 Å². The summed E-state index contributed by atoms with van der Waals surface area (Å²) < 4.78 is 0. The SMILES string of the molecule is c1cc2c3c(c1)N(c1ccc4c(c1)C1CCC4CC1)c1cc4c(cc1B3c1cc3c(cc1N2c1ccc2c(c1)C1CCC2CC1)CC1CCCC3C1)C1CCC4CC1. The Morgan fingerprint density at radius 1 is 0.397 bits per heavy atom. The first kappa shape index (κ1) is 32.6. The number of benzene rings is 5. The molecule has 0 aromatic heterocycles. The van der Waals surface area contributed by atoms with Gasteiger partial charge in [-0.2, -0.15) is 0 Å². The third-order valence-corrected chi connectivity index (χ3v) is 18.7. The highest BCUT2D eigenvalue weighted by Gasteiger charge is 2.47. The third-order valence-electron chi connectivity index (χ3n) is 18.7. The van der Waals surface area contributed by atoms with Crippen molar-refractivity contribution in [3.05, 3.63) is 123 Å². The minimum absolute atomic E-state index is 0.239. The minimum atomic E-state index is 0.239. The molecule has 2 nitrogen and oxygen atoms in total. The van der Waals surface area contributed by atoms with Crippen molar-refractivity contribution in [1.29, 1.82) is 0 Å². The summed E-state index contributed by atoms with van der Waals surface area (Å²) in [7, 11) is 0.